The molecule has 1 aliphatic rings. The third-order valence-corrected chi connectivity index (χ3v) is 8.82. The van der Waals surface area contributed by atoms with E-state index in [0.717, 1.165) is 22.4 Å². The van der Waals surface area contributed by atoms with E-state index in [9.17, 15) is 13.2 Å². The Balaban J connectivity index is 1.73. The first-order valence-electron chi connectivity index (χ1n) is 10.9. The summed E-state index contributed by atoms with van der Waals surface area (Å²) in [5.74, 6) is 0.234. The molecule has 0 aromatic heterocycles. The van der Waals surface area contributed by atoms with Crippen molar-refractivity contribution in [1.82, 2.24) is 4.31 Å². The van der Waals surface area contributed by atoms with Crippen LogP contribution in [0.5, 0.6) is 5.75 Å². The molecule has 1 aliphatic heterocycles. The van der Waals surface area contributed by atoms with E-state index in [-0.39, 0.29) is 5.92 Å². The SMILES string of the molecule is Cc1cc(C2CCN(S(=O)(=O)C(C)(C)C(N)=O)CC2)ccc1-c1cccc(OCCN)c1. The molecule has 1 amide bonds. The minimum atomic E-state index is -3.79. The fraction of sp³-hybridized carbons (Fsp3) is 0.458. The van der Waals surface area contributed by atoms with Crippen LogP contribution in [-0.4, -0.2) is 49.6 Å². The van der Waals surface area contributed by atoms with Crippen LogP contribution in [-0.2, 0) is 14.8 Å². The largest absolute Gasteiger partial charge is 0.492 e. The zero-order chi connectivity index (χ0) is 23.5. The van der Waals surface area contributed by atoms with Gasteiger partial charge < -0.3 is 16.2 Å². The molecule has 0 bridgehead atoms. The molecule has 0 atom stereocenters. The molecule has 1 fully saturated rings. The highest BCUT2D eigenvalue weighted by atomic mass is 32.2. The lowest BCUT2D eigenvalue weighted by molar-refractivity contribution is -0.119. The van der Waals surface area contributed by atoms with E-state index in [1.54, 1.807) is 0 Å². The molecule has 174 valence electrons. The Labute approximate surface area is 190 Å². The van der Waals surface area contributed by atoms with E-state index >= 15 is 0 Å². The number of carbonyl (C=O) groups excluding carboxylic acids is 1. The molecule has 3 rings (SSSR count). The highest BCUT2D eigenvalue weighted by Crippen LogP contribution is 2.35. The van der Waals surface area contributed by atoms with Crippen LogP contribution in [0.15, 0.2) is 42.5 Å². The van der Waals surface area contributed by atoms with Crippen molar-refractivity contribution in [2.45, 2.75) is 44.3 Å². The molecule has 1 heterocycles. The number of aryl methyl sites for hydroxylation is 1. The number of hydrogen-bond acceptors (Lipinski definition) is 5. The number of nitrogens with two attached hydrogens (primary N) is 2. The van der Waals surface area contributed by atoms with Crippen LogP contribution in [0.25, 0.3) is 11.1 Å². The van der Waals surface area contributed by atoms with Gasteiger partial charge in [-0.2, -0.15) is 0 Å². The average molecular weight is 460 g/mol. The van der Waals surface area contributed by atoms with Crippen LogP contribution in [0.3, 0.4) is 0 Å². The summed E-state index contributed by atoms with van der Waals surface area (Å²) in [7, 11) is -3.79. The summed E-state index contributed by atoms with van der Waals surface area (Å²) >= 11 is 0. The second kappa shape index (κ2) is 9.60. The Morgan fingerprint density at radius 3 is 2.44 bits per heavy atom. The molecule has 0 spiro atoms. The number of sulfonamides is 1. The molecule has 4 N–H and O–H groups in total. The summed E-state index contributed by atoms with van der Waals surface area (Å²) in [6, 6.07) is 14.4. The van der Waals surface area contributed by atoms with Crippen molar-refractivity contribution >= 4 is 15.9 Å². The first-order chi connectivity index (χ1) is 15.1. The molecule has 7 nitrogen and oxygen atoms in total. The van der Waals surface area contributed by atoms with Gasteiger partial charge in [-0.15, -0.1) is 0 Å². The van der Waals surface area contributed by atoms with E-state index in [2.05, 4.69) is 31.2 Å². The zero-order valence-corrected chi connectivity index (χ0v) is 19.8. The minimum absolute atomic E-state index is 0.269. The maximum absolute atomic E-state index is 12.8. The van der Waals surface area contributed by atoms with Crippen molar-refractivity contribution < 1.29 is 17.9 Å². The van der Waals surface area contributed by atoms with Gasteiger partial charge in [-0.25, -0.2) is 12.7 Å². The van der Waals surface area contributed by atoms with Gasteiger partial charge in [0.2, 0.25) is 15.9 Å². The molecule has 2 aromatic rings. The van der Waals surface area contributed by atoms with Gasteiger partial charge in [-0.05, 0) is 73.9 Å². The van der Waals surface area contributed by atoms with E-state index in [0.29, 0.717) is 39.1 Å². The van der Waals surface area contributed by atoms with E-state index < -0.39 is 20.7 Å². The van der Waals surface area contributed by atoms with E-state index in [1.165, 1.54) is 23.7 Å². The Kier molecular flexibility index (Phi) is 7.27. The Morgan fingerprint density at radius 1 is 1.16 bits per heavy atom. The van der Waals surface area contributed by atoms with Crippen molar-refractivity contribution in [3.05, 3.63) is 53.6 Å². The lowest BCUT2D eigenvalue weighted by Crippen LogP contribution is -2.53. The maximum atomic E-state index is 12.8. The molecule has 1 saturated heterocycles. The highest BCUT2D eigenvalue weighted by Gasteiger charge is 2.45. The van der Waals surface area contributed by atoms with Crippen LogP contribution in [0.2, 0.25) is 0 Å². The second-order valence-electron chi connectivity index (χ2n) is 8.79. The van der Waals surface area contributed by atoms with Crippen molar-refractivity contribution in [1.29, 1.82) is 0 Å². The highest BCUT2D eigenvalue weighted by molar-refractivity contribution is 7.91. The predicted octanol–water partition coefficient (Wildman–Crippen LogP) is 2.77. The molecule has 8 heteroatoms. The number of hydrogen-bond donors (Lipinski definition) is 2. The van der Waals surface area contributed by atoms with Crippen LogP contribution < -0.4 is 16.2 Å². The topological polar surface area (TPSA) is 116 Å². The number of carbonyl (C=O) groups is 1. The minimum Gasteiger partial charge on any atom is -0.492 e. The van der Waals surface area contributed by atoms with Gasteiger partial charge in [0.25, 0.3) is 0 Å². The second-order valence-corrected chi connectivity index (χ2v) is 11.3. The first-order valence-corrected chi connectivity index (χ1v) is 12.4. The third-order valence-electron chi connectivity index (χ3n) is 6.29. The van der Waals surface area contributed by atoms with Gasteiger partial charge in [-0.3, -0.25) is 4.79 Å². The number of nitrogens with zero attached hydrogens (tertiary/aromatic N) is 1. The quantitative estimate of drug-likeness (QED) is 0.630. The number of benzene rings is 2. The molecular weight excluding hydrogens is 426 g/mol. The van der Waals surface area contributed by atoms with Crippen LogP contribution in [0, 0.1) is 6.92 Å². The smallest absolute Gasteiger partial charge is 0.239 e. The number of amides is 1. The van der Waals surface area contributed by atoms with E-state index in [1.807, 2.05) is 18.2 Å². The van der Waals surface area contributed by atoms with Crippen LogP contribution >= 0.6 is 0 Å². The molecule has 0 aliphatic carbocycles. The Hall–Kier alpha value is -2.42. The lowest BCUT2D eigenvalue weighted by Gasteiger charge is -2.35. The van der Waals surface area contributed by atoms with Gasteiger partial charge in [0, 0.05) is 19.6 Å². The maximum Gasteiger partial charge on any atom is 0.239 e. The summed E-state index contributed by atoms with van der Waals surface area (Å²) in [5, 5.41) is 0. The van der Waals surface area contributed by atoms with Crippen molar-refractivity contribution in [3.8, 4) is 16.9 Å². The summed E-state index contributed by atoms with van der Waals surface area (Å²) in [4.78, 5) is 11.7. The normalized spacial score (nSPS) is 16.1. The van der Waals surface area contributed by atoms with Crippen LogP contribution in [0.4, 0.5) is 0 Å². The predicted molar refractivity (Wildman–Crippen MR) is 127 cm³/mol. The van der Waals surface area contributed by atoms with Gasteiger partial charge in [0.15, 0.2) is 4.75 Å². The fourth-order valence-electron chi connectivity index (χ4n) is 4.07. The first kappa shape index (κ1) is 24.2. The van der Waals surface area contributed by atoms with Crippen molar-refractivity contribution in [3.63, 3.8) is 0 Å². The number of ether oxygens (including phenoxy) is 1. The van der Waals surface area contributed by atoms with Crippen molar-refractivity contribution in [2.24, 2.45) is 11.5 Å². The molecule has 0 unspecified atom stereocenters. The zero-order valence-electron chi connectivity index (χ0n) is 19.0. The Bertz CT molecular complexity index is 1070. The Morgan fingerprint density at radius 2 is 1.84 bits per heavy atom. The molecule has 2 aromatic carbocycles. The van der Waals surface area contributed by atoms with Gasteiger partial charge in [-0.1, -0.05) is 30.3 Å². The third kappa shape index (κ3) is 4.82. The average Bonchev–Trinajstić information content (AvgIpc) is 2.77. The summed E-state index contributed by atoms with van der Waals surface area (Å²) in [6.45, 7) is 6.53. The summed E-state index contributed by atoms with van der Waals surface area (Å²) < 4.78 is 31.1. The molecule has 0 radical (unpaired) electrons. The monoisotopic (exact) mass is 459 g/mol. The van der Waals surface area contributed by atoms with Gasteiger partial charge >= 0.3 is 0 Å². The lowest BCUT2D eigenvalue weighted by atomic mass is 9.87. The van der Waals surface area contributed by atoms with Gasteiger partial charge in [0.05, 0.1) is 0 Å². The van der Waals surface area contributed by atoms with Crippen molar-refractivity contribution in [2.75, 3.05) is 26.2 Å². The summed E-state index contributed by atoms with van der Waals surface area (Å²) in [5.41, 5.74) is 15.4. The fourth-order valence-corrected chi connectivity index (χ4v) is 5.67. The standard InChI is InChI=1S/C24H33N3O4S/c1-17-15-19(7-8-22(17)20-5-4-6-21(16-20)31-14-11-25)18-9-12-27(13-10-18)32(29,30)24(2,3)23(26)28/h4-8,15-16,18H,9-14,25H2,1-3H3,(H2,26,28). The molecule has 0 saturated carbocycles. The van der Waals surface area contributed by atoms with Gasteiger partial charge in [0.1, 0.15) is 12.4 Å². The van der Waals surface area contributed by atoms with E-state index in [4.69, 9.17) is 16.2 Å². The van der Waals surface area contributed by atoms with Crippen LogP contribution in [0.1, 0.15) is 43.7 Å². The number of piperidine rings is 1. The molecule has 32 heavy (non-hydrogen) atoms. The number of rotatable bonds is 8. The molecular formula is C24H33N3O4S. The summed E-state index contributed by atoms with van der Waals surface area (Å²) in [6.07, 6.45) is 1.41. The number of primary amides is 1.